The minimum absolute atomic E-state index is 0.0635. The number of fused-ring (bicyclic) bond motifs is 1. The summed E-state index contributed by atoms with van der Waals surface area (Å²) in [4.78, 5) is 6.05. The molecule has 26 heavy (non-hydrogen) atoms. The third-order valence-electron chi connectivity index (χ3n) is 4.70. The highest BCUT2D eigenvalue weighted by Crippen LogP contribution is 2.38. The maximum atomic E-state index is 13.4. The fraction of sp³-hybridized carbons (Fsp3) is 0.400. The van der Waals surface area contributed by atoms with E-state index >= 15 is 0 Å². The summed E-state index contributed by atoms with van der Waals surface area (Å²) in [6.45, 7) is 4.41. The Hall–Kier alpha value is -2.68. The molecule has 0 fully saturated rings. The van der Waals surface area contributed by atoms with Crippen molar-refractivity contribution in [3.63, 3.8) is 0 Å². The second-order valence-electron chi connectivity index (χ2n) is 6.78. The molecule has 0 saturated heterocycles. The number of aliphatic imine (C=N–C) groups is 1. The van der Waals surface area contributed by atoms with Gasteiger partial charge in [-0.15, -0.1) is 0 Å². The maximum Gasteiger partial charge on any atom is 0.163 e. The molecule has 0 N–H and O–H groups in total. The molecule has 1 aliphatic heterocycles. The van der Waals surface area contributed by atoms with Gasteiger partial charge in [-0.05, 0) is 38.5 Å². The standard InChI is InChI=1S/C20H22F2N4/c1-13(2)26-18-9-14(3)5-6-16(18)17(12-23)19(26)20-24-7-4-8-25(20)15(10-21)11-22/h4-9,13,15,20H,10-11H2,1-3H3. The summed E-state index contributed by atoms with van der Waals surface area (Å²) in [5, 5.41) is 10.7. The molecule has 1 aromatic carbocycles. The van der Waals surface area contributed by atoms with Crippen LogP contribution in [0.15, 0.2) is 35.5 Å². The molecule has 136 valence electrons. The molecule has 1 aliphatic rings. The number of hydrogen-bond donors (Lipinski definition) is 0. The van der Waals surface area contributed by atoms with Crippen molar-refractivity contribution in [1.82, 2.24) is 9.47 Å². The van der Waals surface area contributed by atoms with Crippen LogP contribution in [0.4, 0.5) is 8.78 Å². The second-order valence-corrected chi connectivity index (χ2v) is 6.78. The number of allylic oxidation sites excluding steroid dienone is 1. The van der Waals surface area contributed by atoms with Gasteiger partial charge in [0, 0.05) is 23.8 Å². The molecule has 1 atom stereocenters. The lowest BCUT2D eigenvalue weighted by molar-refractivity contribution is 0.142. The minimum atomic E-state index is -0.930. The summed E-state index contributed by atoms with van der Waals surface area (Å²) in [6, 6.07) is 7.36. The van der Waals surface area contributed by atoms with Crippen molar-refractivity contribution in [2.24, 2.45) is 4.99 Å². The summed E-state index contributed by atoms with van der Waals surface area (Å²) < 4.78 is 28.8. The molecule has 1 aromatic heterocycles. The van der Waals surface area contributed by atoms with Crippen LogP contribution in [0.2, 0.25) is 0 Å². The number of aryl methyl sites for hydroxylation is 1. The molecule has 0 bridgehead atoms. The largest absolute Gasteiger partial charge is 0.343 e. The summed E-state index contributed by atoms with van der Waals surface area (Å²) in [7, 11) is 0. The summed E-state index contributed by atoms with van der Waals surface area (Å²) in [5.74, 6) is 0. The zero-order valence-corrected chi connectivity index (χ0v) is 15.2. The van der Waals surface area contributed by atoms with Crippen LogP contribution in [0.5, 0.6) is 0 Å². The SMILES string of the molecule is Cc1ccc2c(C#N)c(C3N=CC=CN3C(CF)CF)n(C(C)C)c2c1. The molecule has 4 nitrogen and oxygen atoms in total. The van der Waals surface area contributed by atoms with Crippen molar-refractivity contribution in [3.8, 4) is 6.07 Å². The first-order valence-corrected chi connectivity index (χ1v) is 8.67. The predicted molar refractivity (Wildman–Crippen MR) is 99.7 cm³/mol. The van der Waals surface area contributed by atoms with Gasteiger partial charge in [-0.2, -0.15) is 5.26 Å². The Labute approximate surface area is 152 Å². The third kappa shape index (κ3) is 2.88. The van der Waals surface area contributed by atoms with E-state index in [9.17, 15) is 14.0 Å². The van der Waals surface area contributed by atoms with E-state index in [2.05, 4.69) is 15.6 Å². The summed E-state index contributed by atoms with van der Waals surface area (Å²) >= 11 is 0. The van der Waals surface area contributed by atoms with Crippen molar-refractivity contribution in [2.75, 3.05) is 13.3 Å². The Bertz CT molecular complexity index is 901. The van der Waals surface area contributed by atoms with Crippen LogP contribution in [-0.4, -0.2) is 35.1 Å². The number of nitriles is 1. The van der Waals surface area contributed by atoms with Crippen molar-refractivity contribution < 1.29 is 8.78 Å². The van der Waals surface area contributed by atoms with Crippen LogP contribution in [0.3, 0.4) is 0 Å². The minimum Gasteiger partial charge on any atom is -0.343 e. The molecule has 3 rings (SSSR count). The Kier molecular flexibility index (Phi) is 5.08. The molecule has 2 heterocycles. The fourth-order valence-corrected chi connectivity index (χ4v) is 3.53. The van der Waals surface area contributed by atoms with E-state index in [1.165, 1.54) is 0 Å². The molecule has 2 aromatic rings. The van der Waals surface area contributed by atoms with Gasteiger partial charge in [0.1, 0.15) is 19.4 Å². The average molecular weight is 356 g/mol. The number of alkyl halides is 2. The maximum absolute atomic E-state index is 13.4. The molecular formula is C20H22F2N4. The predicted octanol–water partition coefficient (Wildman–Crippen LogP) is 4.61. The van der Waals surface area contributed by atoms with Crippen LogP contribution in [0.1, 0.15) is 42.9 Å². The van der Waals surface area contributed by atoms with E-state index in [-0.39, 0.29) is 6.04 Å². The van der Waals surface area contributed by atoms with Crippen molar-refractivity contribution in [2.45, 2.75) is 39.0 Å². The molecule has 0 radical (unpaired) electrons. The van der Waals surface area contributed by atoms with Crippen LogP contribution in [-0.2, 0) is 0 Å². The van der Waals surface area contributed by atoms with Gasteiger partial charge in [0.15, 0.2) is 6.17 Å². The van der Waals surface area contributed by atoms with Gasteiger partial charge in [0.25, 0.3) is 0 Å². The first-order chi connectivity index (χ1) is 12.5. The highest BCUT2D eigenvalue weighted by atomic mass is 19.1. The van der Waals surface area contributed by atoms with Crippen LogP contribution in [0, 0.1) is 18.3 Å². The first kappa shape index (κ1) is 18.1. The Morgan fingerprint density at radius 1 is 1.27 bits per heavy atom. The zero-order chi connectivity index (χ0) is 18.8. The molecule has 1 unspecified atom stereocenters. The molecule has 0 spiro atoms. The van der Waals surface area contributed by atoms with Gasteiger partial charge in [0.2, 0.25) is 0 Å². The van der Waals surface area contributed by atoms with E-state index in [0.717, 1.165) is 16.5 Å². The number of aromatic nitrogens is 1. The van der Waals surface area contributed by atoms with Crippen molar-refractivity contribution >= 4 is 17.1 Å². The highest BCUT2D eigenvalue weighted by molar-refractivity contribution is 5.89. The molecular weight excluding hydrogens is 334 g/mol. The monoisotopic (exact) mass is 356 g/mol. The van der Waals surface area contributed by atoms with Gasteiger partial charge in [-0.1, -0.05) is 12.1 Å². The lowest BCUT2D eigenvalue weighted by Crippen LogP contribution is -2.39. The van der Waals surface area contributed by atoms with Crippen LogP contribution < -0.4 is 0 Å². The van der Waals surface area contributed by atoms with E-state index in [0.29, 0.717) is 11.3 Å². The van der Waals surface area contributed by atoms with Gasteiger partial charge < -0.3 is 9.47 Å². The van der Waals surface area contributed by atoms with E-state index in [1.807, 2.05) is 39.0 Å². The number of nitrogens with zero attached hydrogens (tertiary/aromatic N) is 4. The Morgan fingerprint density at radius 2 is 2.00 bits per heavy atom. The van der Waals surface area contributed by atoms with Crippen molar-refractivity contribution in [1.29, 1.82) is 5.26 Å². The number of rotatable bonds is 5. The van der Waals surface area contributed by atoms with Crippen molar-refractivity contribution in [3.05, 3.63) is 47.3 Å². The average Bonchev–Trinajstić information content (AvgIpc) is 2.96. The first-order valence-electron chi connectivity index (χ1n) is 8.67. The number of halogens is 2. The zero-order valence-electron chi connectivity index (χ0n) is 15.2. The van der Waals surface area contributed by atoms with Gasteiger partial charge in [0.05, 0.1) is 22.8 Å². The van der Waals surface area contributed by atoms with Gasteiger partial charge >= 0.3 is 0 Å². The fourth-order valence-electron chi connectivity index (χ4n) is 3.53. The second kappa shape index (κ2) is 7.28. The summed E-state index contributed by atoms with van der Waals surface area (Å²) in [5.41, 5.74) is 3.21. The molecule has 6 heteroatoms. The molecule has 0 amide bonds. The van der Waals surface area contributed by atoms with E-state index in [1.54, 1.807) is 23.4 Å². The lowest BCUT2D eigenvalue weighted by Gasteiger charge is -2.35. The Morgan fingerprint density at radius 3 is 2.62 bits per heavy atom. The number of hydrogen-bond acceptors (Lipinski definition) is 3. The normalized spacial score (nSPS) is 16.8. The quantitative estimate of drug-likeness (QED) is 0.785. The topological polar surface area (TPSA) is 44.3 Å². The van der Waals surface area contributed by atoms with Crippen LogP contribution in [0.25, 0.3) is 10.9 Å². The van der Waals surface area contributed by atoms with E-state index < -0.39 is 25.6 Å². The molecule has 0 saturated carbocycles. The number of benzene rings is 1. The third-order valence-corrected chi connectivity index (χ3v) is 4.70. The Balaban J connectivity index is 2.29. The van der Waals surface area contributed by atoms with Gasteiger partial charge in [-0.3, -0.25) is 4.99 Å². The smallest absolute Gasteiger partial charge is 0.163 e. The molecule has 0 aliphatic carbocycles. The highest BCUT2D eigenvalue weighted by Gasteiger charge is 2.32. The van der Waals surface area contributed by atoms with E-state index in [4.69, 9.17) is 0 Å². The lowest BCUT2D eigenvalue weighted by atomic mass is 10.1. The van der Waals surface area contributed by atoms with Gasteiger partial charge in [-0.25, -0.2) is 8.78 Å². The van der Waals surface area contributed by atoms with Crippen LogP contribution >= 0.6 is 0 Å². The summed E-state index contributed by atoms with van der Waals surface area (Å²) in [6.07, 6.45) is 4.29.